The van der Waals surface area contributed by atoms with Crippen molar-refractivity contribution in [2.75, 3.05) is 6.61 Å². The zero-order valence-corrected chi connectivity index (χ0v) is 10.6. The van der Waals surface area contributed by atoms with Gasteiger partial charge in [-0.3, -0.25) is 0 Å². The topological polar surface area (TPSA) is 35.2 Å². The normalized spacial score (nSPS) is 9.89. The lowest BCUT2D eigenvalue weighted by atomic mass is 10.0. The molecule has 0 aliphatic rings. The van der Waals surface area contributed by atoms with Gasteiger partial charge in [0.1, 0.15) is 5.75 Å². The molecule has 0 unspecified atom stereocenters. The summed E-state index contributed by atoms with van der Waals surface area (Å²) in [4.78, 5) is 0. The molecule has 0 heterocycles. The van der Waals surface area contributed by atoms with Gasteiger partial charge in [-0.25, -0.2) is 0 Å². The smallest absolute Gasteiger partial charge is 0.124 e. The molecule has 2 nitrogen and oxygen atoms in total. The lowest BCUT2D eigenvalue weighted by Crippen LogP contribution is -2.04. The first-order chi connectivity index (χ1) is 8.86. The van der Waals surface area contributed by atoms with Gasteiger partial charge in [-0.05, 0) is 23.8 Å². The van der Waals surface area contributed by atoms with E-state index in [4.69, 9.17) is 10.5 Å². The minimum atomic E-state index is 0.482. The van der Waals surface area contributed by atoms with Crippen molar-refractivity contribution in [3.8, 4) is 17.6 Å². The van der Waals surface area contributed by atoms with E-state index in [1.165, 1.54) is 10.8 Å². The van der Waals surface area contributed by atoms with E-state index in [9.17, 15) is 0 Å². The Kier molecular flexibility index (Phi) is 4.22. The fourth-order valence-electron chi connectivity index (χ4n) is 2.00. The second kappa shape index (κ2) is 6.09. The van der Waals surface area contributed by atoms with E-state index in [1.807, 2.05) is 25.1 Å². The Hall–Kier alpha value is -1.98. The summed E-state index contributed by atoms with van der Waals surface area (Å²) in [6.45, 7) is 2.92. The monoisotopic (exact) mass is 239 g/mol. The van der Waals surface area contributed by atoms with Crippen LogP contribution in [0.4, 0.5) is 0 Å². The Balaban J connectivity index is 2.29. The molecule has 2 aromatic carbocycles. The highest BCUT2D eigenvalue weighted by molar-refractivity contribution is 5.87. The number of benzene rings is 2. The highest BCUT2D eigenvalue weighted by Crippen LogP contribution is 2.27. The zero-order chi connectivity index (χ0) is 12.8. The van der Waals surface area contributed by atoms with Crippen molar-refractivity contribution < 1.29 is 4.74 Å². The lowest BCUT2D eigenvalue weighted by molar-refractivity contribution is 0.324. The van der Waals surface area contributed by atoms with Crippen LogP contribution >= 0.6 is 0 Å². The highest BCUT2D eigenvalue weighted by atomic mass is 16.5. The van der Waals surface area contributed by atoms with Gasteiger partial charge in [-0.1, -0.05) is 30.3 Å². The third-order valence-corrected chi connectivity index (χ3v) is 2.86. The van der Waals surface area contributed by atoms with Crippen LogP contribution in [0.15, 0.2) is 36.4 Å². The number of ether oxygens (including phenoxy) is 1. The van der Waals surface area contributed by atoms with Crippen molar-refractivity contribution >= 4 is 10.8 Å². The summed E-state index contributed by atoms with van der Waals surface area (Å²) >= 11 is 0. The van der Waals surface area contributed by atoms with Crippen molar-refractivity contribution in [1.29, 1.82) is 0 Å². The van der Waals surface area contributed by atoms with Crippen molar-refractivity contribution in [3.63, 3.8) is 0 Å². The van der Waals surface area contributed by atoms with Crippen LogP contribution in [-0.4, -0.2) is 6.61 Å². The van der Waals surface area contributed by atoms with Gasteiger partial charge in [-0.15, -0.1) is 11.8 Å². The van der Waals surface area contributed by atoms with Crippen LogP contribution in [0.25, 0.3) is 10.8 Å². The van der Waals surface area contributed by atoms with Gasteiger partial charge in [0.25, 0.3) is 0 Å². The molecule has 2 aromatic rings. The molecule has 0 saturated carbocycles. The van der Waals surface area contributed by atoms with Crippen LogP contribution < -0.4 is 10.5 Å². The maximum atomic E-state index is 5.84. The van der Waals surface area contributed by atoms with E-state index in [1.54, 1.807) is 0 Å². The molecule has 0 aromatic heterocycles. The maximum absolute atomic E-state index is 5.84. The van der Waals surface area contributed by atoms with Gasteiger partial charge in [0.15, 0.2) is 0 Å². The minimum Gasteiger partial charge on any atom is -0.492 e. The van der Waals surface area contributed by atoms with E-state index in [-0.39, 0.29) is 0 Å². The van der Waals surface area contributed by atoms with E-state index in [2.05, 4.69) is 30.0 Å². The largest absolute Gasteiger partial charge is 0.492 e. The van der Waals surface area contributed by atoms with E-state index >= 15 is 0 Å². The molecule has 92 valence electrons. The fraction of sp³-hybridized carbons (Fsp3) is 0.250. The summed E-state index contributed by atoms with van der Waals surface area (Å²) in [5.41, 5.74) is 6.91. The molecule has 0 aliphatic carbocycles. The second-order valence-electron chi connectivity index (χ2n) is 3.99. The third kappa shape index (κ3) is 2.64. The summed E-state index contributed by atoms with van der Waals surface area (Å²) in [5, 5.41) is 2.36. The van der Waals surface area contributed by atoms with E-state index < -0.39 is 0 Å². The molecule has 0 spiro atoms. The molecular formula is C16H17NO. The van der Waals surface area contributed by atoms with Gasteiger partial charge in [0, 0.05) is 18.5 Å². The number of hydrogen-bond acceptors (Lipinski definition) is 2. The molecule has 0 radical (unpaired) electrons. The number of rotatable bonds is 4. The van der Waals surface area contributed by atoms with Crippen LogP contribution in [0.2, 0.25) is 0 Å². The van der Waals surface area contributed by atoms with Crippen LogP contribution in [0.3, 0.4) is 0 Å². The van der Waals surface area contributed by atoms with Gasteiger partial charge < -0.3 is 10.5 Å². The molecule has 0 aliphatic heterocycles. The maximum Gasteiger partial charge on any atom is 0.124 e. The predicted molar refractivity (Wildman–Crippen MR) is 75.4 cm³/mol. The first-order valence-electron chi connectivity index (χ1n) is 6.10. The van der Waals surface area contributed by atoms with Crippen LogP contribution in [0.1, 0.15) is 18.9 Å². The van der Waals surface area contributed by atoms with Crippen molar-refractivity contribution in [1.82, 2.24) is 0 Å². The molecule has 0 saturated heterocycles. The summed E-state index contributed by atoms with van der Waals surface area (Å²) < 4.78 is 5.76. The Morgan fingerprint density at radius 3 is 2.78 bits per heavy atom. The summed E-state index contributed by atoms with van der Waals surface area (Å²) in [7, 11) is 0. The minimum absolute atomic E-state index is 0.482. The SMILES string of the molecule is CC#CCCOc1ccc2ccccc2c1CN. The first kappa shape index (κ1) is 12.5. The Morgan fingerprint density at radius 1 is 1.17 bits per heavy atom. The van der Waals surface area contributed by atoms with Crippen LogP contribution in [0, 0.1) is 11.8 Å². The number of fused-ring (bicyclic) bond motifs is 1. The van der Waals surface area contributed by atoms with Gasteiger partial charge in [-0.2, -0.15) is 0 Å². The van der Waals surface area contributed by atoms with E-state index in [0.29, 0.717) is 13.2 Å². The van der Waals surface area contributed by atoms with Gasteiger partial charge in [0.05, 0.1) is 6.61 Å². The van der Waals surface area contributed by atoms with Crippen LogP contribution in [0.5, 0.6) is 5.75 Å². The Morgan fingerprint density at radius 2 is 2.00 bits per heavy atom. The molecule has 2 rings (SSSR count). The Bertz CT molecular complexity index is 593. The molecule has 18 heavy (non-hydrogen) atoms. The molecule has 0 bridgehead atoms. The Labute approximate surface area is 108 Å². The second-order valence-corrected chi connectivity index (χ2v) is 3.99. The quantitative estimate of drug-likeness (QED) is 0.657. The molecular weight excluding hydrogens is 222 g/mol. The fourth-order valence-corrected chi connectivity index (χ4v) is 2.00. The van der Waals surface area contributed by atoms with Gasteiger partial charge >= 0.3 is 0 Å². The van der Waals surface area contributed by atoms with Crippen molar-refractivity contribution in [2.24, 2.45) is 5.73 Å². The molecule has 0 fully saturated rings. The highest BCUT2D eigenvalue weighted by Gasteiger charge is 2.06. The summed E-state index contributed by atoms with van der Waals surface area (Å²) in [6, 6.07) is 12.3. The zero-order valence-electron chi connectivity index (χ0n) is 10.6. The standard InChI is InChI=1S/C16H17NO/c1-2-3-6-11-18-16-10-9-13-7-4-5-8-14(13)15(16)12-17/h4-5,7-10H,6,11-12,17H2,1H3. The van der Waals surface area contributed by atoms with E-state index in [0.717, 1.165) is 17.7 Å². The molecule has 0 amide bonds. The third-order valence-electron chi connectivity index (χ3n) is 2.86. The van der Waals surface area contributed by atoms with Gasteiger partial charge in [0.2, 0.25) is 0 Å². The average molecular weight is 239 g/mol. The molecule has 0 atom stereocenters. The molecule has 2 heteroatoms. The number of hydrogen-bond donors (Lipinski definition) is 1. The number of nitrogens with two attached hydrogens (primary N) is 1. The van der Waals surface area contributed by atoms with Crippen LogP contribution in [-0.2, 0) is 6.54 Å². The van der Waals surface area contributed by atoms with Crippen molar-refractivity contribution in [3.05, 3.63) is 42.0 Å². The summed E-state index contributed by atoms with van der Waals surface area (Å²) in [6.07, 6.45) is 0.743. The summed E-state index contributed by atoms with van der Waals surface area (Å²) in [5.74, 6) is 6.71. The molecule has 2 N–H and O–H groups in total. The average Bonchev–Trinajstić information content (AvgIpc) is 2.43. The first-order valence-corrected chi connectivity index (χ1v) is 6.10. The lowest BCUT2D eigenvalue weighted by Gasteiger charge is -2.12. The van der Waals surface area contributed by atoms with Crippen molar-refractivity contribution in [2.45, 2.75) is 19.9 Å². The predicted octanol–water partition coefficient (Wildman–Crippen LogP) is 3.09.